The van der Waals surface area contributed by atoms with Crippen LogP contribution in [0.4, 0.5) is 0 Å². The van der Waals surface area contributed by atoms with Crippen molar-refractivity contribution in [2.45, 2.75) is 26.2 Å². The van der Waals surface area contributed by atoms with Crippen LogP contribution in [0, 0.1) is 0 Å². The molecule has 14 heavy (non-hydrogen) atoms. The third-order valence-electron chi connectivity index (χ3n) is 1.63. The van der Waals surface area contributed by atoms with E-state index in [1.54, 1.807) is 7.05 Å². The van der Waals surface area contributed by atoms with Gasteiger partial charge in [-0.2, -0.15) is 5.10 Å². The molecule has 0 saturated heterocycles. The molecule has 1 N–H and O–H groups in total. The van der Waals surface area contributed by atoms with Crippen molar-refractivity contribution in [3.8, 4) is 0 Å². The first kappa shape index (κ1) is 13.6. The van der Waals surface area contributed by atoms with E-state index in [9.17, 15) is 4.79 Å². The zero-order valence-corrected chi connectivity index (χ0v) is 11.2. The Morgan fingerprint density at radius 2 is 2.00 bits per heavy atom. The number of nitrogens with zero attached hydrogens (tertiary/aromatic N) is 3. The quantitative estimate of drug-likeness (QED) is 0.537. The standard InChI is InChI=1S/C8H13N3O2.Na.H/c1-8(2,3)7-9-5(6(12)13)11(4)10-7;;/h1-4H3,(H,12,13);;/q;+1;-1. The summed E-state index contributed by atoms with van der Waals surface area (Å²) in [6.45, 7) is 5.82. The van der Waals surface area contributed by atoms with Gasteiger partial charge in [0.1, 0.15) is 0 Å². The molecule has 1 aromatic heterocycles. The van der Waals surface area contributed by atoms with Crippen molar-refractivity contribution in [3.05, 3.63) is 11.6 Å². The topological polar surface area (TPSA) is 68.0 Å². The average molecular weight is 207 g/mol. The van der Waals surface area contributed by atoms with Crippen LogP contribution in [0.5, 0.6) is 0 Å². The molecule has 1 heterocycles. The summed E-state index contributed by atoms with van der Waals surface area (Å²) in [7, 11) is 1.58. The first-order chi connectivity index (χ1) is 5.82. The van der Waals surface area contributed by atoms with Gasteiger partial charge >= 0.3 is 35.5 Å². The van der Waals surface area contributed by atoms with Crippen LogP contribution in [0.3, 0.4) is 0 Å². The van der Waals surface area contributed by atoms with E-state index in [4.69, 9.17) is 5.11 Å². The number of hydrogen-bond acceptors (Lipinski definition) is 3. The summed E-state index contributed by atoms with van der Waals surface area (Å²) in [4.78, 5) is 14.6. The molecule has 0 amide bonds. The van der Waals surface area contributed by atoms with Gasteiger partial charge in [0.25, 0.3) is 0 Å². The van der Waals surface area contributed by atoms with Gasteiger partial charge in [-0.1, -0.05) is 20.8 Å². The second-order valence-electron chi connectivity index (χ2n) is 3.94. The Morgan fingerprint density at radius 1 is 1.50 bits per heavy atom. The Balaban J connectivity index is 0. The predicted molar refractivity (Wildman–Crippen MR) is 47.8 cm³/mol. The molecular formula is C8H14N3NaO2. The largest absolute Gasteiger partial charge is 1.00 e. The Morgan fingerprint density at radius 3 is 2.21 bits per heavy atom. The number of carboxylic acid groups (broad SMARTS) is 1. The minimum atomic E-state index is -1.05. The summed E-state index contributed by atoms with van der Waals surface area (Å²) >= 11 is 0. The molecule has 0 aliphatic rings. The second-order valence-corrected chi connectivity index (χ2v) is 3.94. The van der Waals surface area contributed by atoms with Crippen molar-refractivity contribution in [1.29, 1.82) is 0 Å². The van der Waals surface area contributed by atoms with E-state index in [-0.39, 0.29) is 42.2 Å². The third-order valence-corrected chi connectivity index (χ3v) is 1.63. The van der Waals surface area contributed by atoms with E-state index in [0.29, 0.717) is 5.82 Å². The molecule has 0 aliphatic carbocycles. The summed E-state index contributed by atoms with van der Waals surface area (Å²) in [5.41, 5.74) is -0.217. The fourth-order valence-electron chi connectivity index (χ4n) is 0.888. The van der Waals surface area contributed by atoms with Crippen molar-refractivity contribution in [2.75, 3.05) is 0 Å². The molecule has 0 fully saturated rings. The van der Waals surface area contributed by atoms with Crippen LogP contribution in [0.1, 0.15) is 38.6 Å². The molecule has 0 bridgehead atoms. The molecule has 0 atom stereocenters. The number of carbonyl (C=O) groups is 1. The van der Waals surface area contributed by atoms with E-state index < -0.39 is 5.97 Å². The summed E-state index contributed by atoms with van der Waals surface area (Å²) in [5.74, 6) is -0.525. The molecule has 0 aliphatic heterocycles. The van der Waals surface area contributed by atoms with Gasteiger partial charge in [-0.25, -0.2) is 14.5 Å². The predicted octanol–water partition coefficient (Wildman–Crippen LogP) is -2.07. The van der Waals surface area contributed by atoms with Gasteiger partial charge in [-0.05, 0) is 0 Å². The van der Waals surface area contributed by atoms with E-state index in [1.807, 2.05) is 20.8 Å². The Bertz CT molecular complexity index is 346. The van der Waals surface area contributed by atoms with Crippen LogP contribution in [-0.2, 0) is 12.5 Å². The van der Waals surface area contributed by atoms with Gasteiger partial charge in [-0.3, -0.25) is 0 Å². The minimum Gasteiger partial charge on any atom is -1.00 e. The van der Waals surface area contributed by atoms with Crippen molar-refractivity contribution < 1.29 is 40.9 Å². The molecule has 0 spiro atoms. The monoisotopic (exact) mass is 207 g/mol. The SMILES string of the molecule is Cn1nc(C(C)(C)C)nc1C(=O)O.[H-].[Na+]. The van der Waals surface area contributed by atoms with Crippen molar-refractivity contribution >= 4 is 5.97 Å². The van der Waals surface area contributed by atoms with Gasteiger partial charge in [0.2, 0.25) is 5.82 Å². The zero-order chi connectivity index (χ0) is 10.2. The molecule has 1 rings (SSSR count). The molecule has 0 unspecified atom stereocenters. The van der Waals surface area contributed by atoms with Crippen LogP contribution < -0.4 is 29.6 Å². The van der Waals surface area contributed by atoms with Crippen LogP contribution >= 0.6 is 0 Å². The zero-order valence-electron chi connectivity index (χ0n) is 10.2. The van der Waals surface area contributed by atoms with Crippen LogP contribution in [-0.4, -0.2) is 25.8 Å². The number of carboxylic acids is 1. The number of aromatic carboxylic acids is 1. The average Bonchev–Trinajstić information content (AvgIpc) is 2.29. The molecule has 74 valence electrons. The first-order valence-corrected chi connectivity index (χ1v) is 3.97. The molecule has 1 aromatic rings. The van der Waals surface area contributed by atoms with Crippen LogP contribution in [0.15, 0.2) is 0 Å². The maximum atomic E-state index is 10.6. The number of rotatable bonds is 1. The van der Waals surface area contributed by atoms with Crippen LogP contribution in [0.2, 0.25) is 0 Å². The second kappa shape index (κ2) is 4.42. The van der Waals surface area contributed by atoms with Gasteiger partial charge in [0.15, 0.2) is 5.82 Å². The number of aryl methyl sites for hydroxylation is 1. The number of hydrogen-bond donors (Lipinski definition) is 1. The Labute approximate surface area is 106 Å². The fraction of sp³-hybridized carbons (Fsp3) is 0.625. The maximum Gasteiger partial charge on any atom is 1.00 e. The van der Waals surface area contributed by atoms with Crippen molar-refractivity contribution in [1.82, 2.24) is 14.8 Å². The van der Waals surface area contributed by atoms with Gasteiger partial charge in [-0.15, -0.1) is 0 Å². The van der Waals surface area contributed by atoms with Crippen molar-refractivity contribution in [2.24, 2.45) is 7.05 Å². The smallest absolute Gasteiger partial charge is 1.00 e. The van der Waals surface area contributed by atoms with Gasteiger partial charge in [0.05, 0.1) is 0 Å². The van der Waals surface area contributed by atoms with Gasteiger partial charge < -0.3 is 6.53 Å². The number of aromatic nitrogens is 3. The molecule has 0 radical (unpaired) electrons. The van der Waals surface area contributed by atoms with E-state index >= 15 is 0 Å². The normalized spacial score (nSPS) is 10.9. The molecule has 6 heteroatoms. The summed E-state index contributed by atoms with van der Waals surface area (Å²) in [6.07, 6.45) is 0. The fourth-order valence-corrected chi connectivity index (χ4v) is 0.888. The van der Waals surface area contributed by atoms with Crippen molar-refractivity contribution in [3.63, 3.8) is 0 Å². The summed E-state index contributed by atoms with van der Waals surface area (Å²) < 4.78 is 1.28. The first-order valence-electron chi connectivity index (χ1n) is 3.97. The Hall–Kier alpha value is -0.390. The Kier molecular flexibility index (Phi) is 4.30. The molecular weight excluding hydrogens is 193 g/mol. The van der Waals surface area contributed by atoms with E-state index in [2.05, 4.69) is 10.1 Å². The van der Waals surface area contributed by atoms with E-state index in [1.165, 1.54) is 4.68 Å². The molecule has 0 saturated carbocycles. The minimum absolute atomic E-state index is 0. The molecule has 5 nitrogen and oxygen atoms in total. The van der Waals surface area contributed by atoms with Crippen LogP contribution in [0.25, 0.3) is 0 Å². The summed E-state index contributed by atoms with van der Waals surface area (Å²) in [6, 6.07) is 0. The summed E-state index contributed by atoms with van der Waals surface area (Å²) in [5, 5.41) is 12.7. The van der Waals surface area contributed by atoms with Gasteiger partial charge in [0, 0.05) is 12.5 Å². The van der Waals surface area contributed by atoms with E-state index in [0.717, 1.165) is 0 Å². The molecule has 0 aromatic carbocycles. The maximum absolute atomic E-state index is 10.6. The third kappa shape index (κ3) is 2.80.